The first-order chi connectivity index (χ1) is 11.4. The Kier molecular flexibility index (Phi) is 4.45. The van der Waals surface area contributed by atoms with E-state index in [0.29, 0.717) is 6.42 Å². The molecule has 1 aromatic heterocycles. The summed E-state index contributed by atoms with van der Waals surface area (Å²) in [5, 5.41) is -0.509. The lowest BCUT2D eigenvalue weighted by molar-refractivity contribution is -0.136. The standard InChI is InChI=1S/C17H21N3O3S/c1-3-15(13-7-5-4-6-8-13)16(21)20-11-14(12-20)24(22,23)17-18-9-10-19(17)2/h4-10,14-15H,3,11-12H2,1-2H3/t15-/m0/s1. The molecule has 2 heterocycles. The number of carbonyl (C=O) groups is 1. The molecule has 3 rings (SSSR count). The SMILES string of the molecule is CC[C@H](C(=O)N1CC(S(=O)(=O)c2nccn2C)C1)c1ccccc1. The number of aromatic nitrogens is 2. The molecular weight excluding hydrogens is 326 g/mol. The summed E-state index contributed by atoms with van der Waals surface area (Å²) in [6.07, 6.45) is 3.77. The van der Waals surface area contributed by atoms with E-state index < -0.39 is 15.1 Å². The van der Waals surface area contributed by atoms with Crippen molar-refractivity contribution in [3.8, 4) is 0 Å². The van der Waals surface area contributed by atoms with Crippen LogP contribution in [0.3, 0.4) is 0 Å². The van der Waals surface area contributed by atoms with Gasteiger partial charge in [0.05, 0.1) is 5.92 Å². The molecule has 1 saturated heterocycles. The van der Waals surface area contributed by atoms with E-state index >= 15 is 0 Å². The molecule has 7 heteroatoms. The number of nitrogens with zero attached hydrogens (tertiary/aromatic N) is 3. The molecule has 1 atom stereocenters. The predicted molar refractivity (Wildman–Crippen MR) is 90.2 cm³/mol. The summed E-state index contributed by atoms with van der Waals surface area (Å²) in [6, 6.07) is 9.62. The second kappa shape index (κ2) is 6.39. The molecule has 0 bridgehead atoms. The van der Waals surface area contributed by atoms with Crippen molar-refractivity contribution in [2.45, 2.75) is 29.7 Å². The molecule has 0 N–H and O–H groups in total. The number of amides is 1. The van der Waals surface area contributed by atoms with Crippen LogP contribution in [0.25, 0.3) is 0 Å². The molecular formula is C17H21N3O3S. The zero-order valence-corrected chi connectivity index (χ0v) is 14.6. The van der Waals surface area contributed by atoms with Gasteiger partial charge < -0.3 is 9.47 Å². The molecule has 0 spiro atoms. The van der Waals surface area contributed by atoms with E-state index in [1.165, 1.54) is 10.8 Å². The summed E-state index contributed by atoms with van der Waals surface area (Å²) < 4.78 is 26.6. The Hall–Kier alpha value is -2.15. The minimum Gasteiger partial charge on any atom is -0.339 e. The quantitative estimate of drug-likeness (QED) is 0.823. The molecule has 0 aliphatic carbocycles. The molecule has 1 amide bonds. The van der Waals surface area contributed by atoms with Crippen molar-refractivity contribution in [3.05, 3.63) is 48.3 Å². The third kappa shape index (κ3) is 2.84. The summed E-state index contributed by atoms with van der Waals surface area (Å²) in [5.74, 6) is -0.224. The fourth-order valence-electron chi connectivity index (χ4n) is 3.05. The van der Waals surface area contributed by atoms with E-state index in [4.69, 9.17) is 0 Å². The van der Waals surface area contributed by atoms with Gasteiger partial charge in [0.15, 0.2) is 0 Å². The highest BCUT2D eigenvalue weighted by atomic mass is 32.2. The zero-order valence-electron chi connectivity index (χ0n) is 13.8. The molecule has 1 fully saturated rings. The molecule has 128 valence electrons. The number of rotatable bonds is 5. The van der Waals surface area contributed by atoms with Crippen molar-refractivity contribution in [1.82, 2.24) is 14.5 Å². The third-order valence-corrected chi connectivity index (χ3v) is 6.62. The largest absolute Gasteiger partial charge is 0.339 e. The molecule has 1 aromatic carbocycles. The van der Waals surface area contributed by atoms with Gasteiger partial charge in [0.25, 0.3) is 0 Å². The molecule has 2 aromatic rings. The van der Waals surface area contributed by atoms with Crippen LogP contribution in [0.1, 0.15) is 24.8 Å². The van der Waals surface area contributed by atoms with Gasteiger partial charge in [-0.3, -0.25) is 4.79 Å². The average Bonchev–Trinajstić information content (AvgIpc) is 2.94. The van der Waals surface area contributed by atoms with Crippen molar-refractivity contribution in [2.75, 3.05) is 13.1 Å². The van der Waals surface area contributed by atoms with Crippen molar-refractivity contribution in [1.29, 1.82) is 0 Å². The van der Waals surface area contributed by atoms with Crippen molar-refractivity contribution < 1.29 is 13.2 Å². The molecule has 24 heavy (non-hydrogen) atoms. The Morgan fingerprint density at radius 1 is 1.29 bits per heavy atom. The maximum atomic E-state index is 12.7. The van der Waals surface area contributed by atoms with Gasteiger partial charge in [-0.05, 0) is 12.0 Å². The smallest absolute Gasteiger partial charge is 0.230 e. The summed E-state index contributed by atoms with van der Waals surface area (Å²) in [5.41, 5.74) is 0.973. The zero-order chi connectivity index (χ0) is 17.3. The van der Waals surface area contributed by atoms with Crippen molar-refractivity contribution in [3.63, 3.8) is 0 Å². The highest BCUT2D eigenvalue weighted by molar-refractivity contribution is 7.92. The van der Waals surface area contributed by atoms with Crippen LogP contribution in [-0.2, 0) is 21.7 Å². The van der Waals surface area contributed by atoms with Crippen LogP contribution in [0, 0.1) is 0 Å². The molecule has 0 radical (unpaired) electrons. The molecule has 0 saturated carbocycles. The van der Waals surface area contributed by atoms with Crippen molar-refractivity contribution >= 4 is 15.7 Å². The van der Waals surface area contributed by atoms with Crippen LogP contribution < -0.4 is 0 Å². The van der Waals surface area contributed by atoms with Crippen LogP contribution in [0.2, 0.25) is 0 Å². The summed E-state index contributed by atoms with van der Waals surface area (Å²) >= 11 is 0. The highest BCUT2D eigenvalue weighted by Gasteiger charge is 2.43. The summed E-state index contributed by atoms with van der Waals surface area (Å²) in [6.45, 7) is 2.44. The number of hydrogen-bond acceptors (Lipinski definition) is 4. The van der Waals surface area contributed by atoms with Crippen LogP contribution in [-0.4, -0.2) is 47.1 Å². The first-order valence-corrected chi connectivity index (χ1v) is 9.54. The second-order valence-corrected chi connectivity index (χ2v) is 8.22. The monoisotopic (exact) mass is 347 g/mol. The Morgan fingerprint density at radius 2 is 1.96 bits per heavy atom. The Balaban J connectivity index is 1.70. The summed E-state index contributed by atoms with van der Waals surface area (Å²) in [7, 11) is -1.84. The highest BCUT2D eigenvalue weighted by Crippen LogP contribution is 2.28. The fraction of sp³-hybridized carbons (Fsp3) is 0.412. The second-order valence-electron chi connectivity index (χ2n) is 6.10. The number of likely N-dealkylation sites (tertiary alicyclic amines) is 1. The number of benzene rings is 1. The van der Waals surface area contributed by atoms with Gasteiger partial charge in [0.2, 0.25) is 20.9 Å². The first kappa shape index (κ1) is 16.7. The number of imidazole rings is 1. The lowest BCUT2D eigenvalue weighted by atomic mass is 9.94. The van der Waals surface area contributed by atoms with Crippen molar-refractivity contribution in [2.24, 2.45) is 7.05 Å². The van der Waals surface area contributed by atoms with Gasteiger partial charge in [-0.15, -0.1) is 0 Å². The Labute approximate surface area is 142 Å². The first-order valence-electron chi connectivity index (χ1n) is 8.00. The van der Waals surface area contributed by atoms with Gasteiger partial charge in [-0.2, -0.15) is 0 Å². The minimum absolute atomic E-state index is 0.00464. The number of aryl methyl sites for hydroxylation is 1. The van der Waals surface area contributed by atoms with Gasteiger partial charge in [-0.25, -0.2) is 13.4 Å². The Bertz CT molecular complexity index is 824. The molecule has 1 aliphatic rings. The maximum absolute atomic E-state index is 12.7. The van der Waals surface area contributed by atoms with Gasteiger partial charge in [0.1, 0.15) is 5.25 Å². The fourth-order valence-corrected chi connectivity index (χ4v) is 4.77. The van der Waals surface area contributed by atoms with Gasteiger partial charge >= 0.3 is 0 Å². The molecule has 1 aliphatic heterocycles. The molecule has 6 nitrogen and oxygen atoms in total. The van der Waals surface area contributed by atoms with Gasteiger partial charge in [0, 0.05) is 32.5 Å². The number of carbonyl (C=O) groups excluding carboxylic acids is 1. The predicted octanol–water partition coefficient (Wildman–Crippen LogP) is 1.60. The van der Waals surface area contributed by atoms with E-state index in [2.05, 4.69) is 4.98 Å². The normalized spacial score (nSPS) is 16.7. The van der Waals surface area contributed by atoms with E-state index in [0.717, 1.165) is 5.56 Å². The topological polar surface area (TPSA) is 72.3 Å². The lowest BCUT2D eigenvalue weighted by Gasteiger charge is -2.40. The maximum Gasteiger partial charge on any atom is 0.230 e. The van der Waals surface area contributed by atoms with Crippen LogP contribution in [0.4, 0.5) is 0 Å². The Morgan fingerprint density at radius 3 is 2.50 bits per heavy atom. The minimum atomic E-state index is -3.50. The number of hydrogen-bond donors (Lipinski definition) is 0. The van der Waals surface area contributed by atoms with Crippen LogP contribution in [0.15, 0.2) is 47.9 Å². The van der Waals surface area contributed by atoms with Gasteiger partial charge in [-0.1, -0.05) is 37.3 Å². The average molecular weight is 347 g/mol. The van der Waals surface area contributed by atoms with Crippen LogP contribution in [0.5, 0.6) is 0 Å². The third-order valence-electron chi connectivity index (χ3n) is 4.54. The van der Waals surface area contributed by atoms with E-state index in [1.807, 2.05) is 37.3 Å². The lowest BCUT2D eigenvalue weighted by Crippen LogP contribution is -2.58. The van der Waals surface area contributed by atoms with E-state index in [-0.39, 0.29) is 30.1 Å². The number of sulfone groups is 1. The van der Waals surface area contributed by atoms with Crippen LogP contribution >= 0.6 is 0 Å². The van der Waals surface area contributed by atoms with E-state index in [1.54, 1.807) is 18.1 Å². The summed E-state index contributed by atoms with van der Waals surface area (Å²) in [4.78, 5) is 18.3. The molecule has 0 unspecified atom stereocenters. The van der Waals surface area contributed by atoms with E-state index in [9.17, 15) is 13.2 Å².